The third-order valence-corrected chi connectivity index (χ3v) is 3.73. The zero-order valence-electron chi connectivity index (χ0n) is 13.7. The number of carbonyl (C=O) groups is 1. The number of hydrogen-bond acceptors (Lipinski definition) is 6. The second kappa shape index (κ2) is 7.16. The summed E-state index contributed by atoms with van der Waals surface area (Å²) in [6.45, 7) is 0.370. The molecule has 3 rings (SSSR count). The number of nitrogens with zero attached hydrogens (tertiary/aromatic N) is 2. The lowest BCUT2D eigenvalue weighted by atomic mass is 10.2. The monoisotopic (exact) mass is 328 g/mol. The molecule has 1 aromatic heterocycles. The molecule has 0 saturated heterocycles. The van der Waals surface area contributed by atoms with E-state index in [9.17, 15) is 4.79 Å². The van der Waals surface area contributed by atoms with Gasteiger partial charge in [0, 0.05) is 18.7 Å². The molecule has 126 valence electrons. The van der Waals surface area contributed by atoms with E-state index in [2.05, 4.69) is 20.6 Å². The number of methoxy groups -OCH3 is 2. The summed E-state index contributed by atoms with van der Waals surface area (Å²) in [5.41, 5.74) is 1.25. The molecule has 2 N–H and O–H groups in total. The number of aromatic nitrogens is 2. The molecule has 1 saturated carbocycles. The van der Waals surface area contributed by atoms with Crippen LogP contribution < -0.4 is 20.1 Å². The Morgan fingerprint density at radius 3 is 2.67 bits per heavy atom. The average molecular weight is 328 g/mol. The summed E-state index contributed by atoms with van der Waals surface area (Å²) in [4.78, 5) is 20.4. The average Bonchev–Trinajstić information content (AvgIpc) is 3.43. The maximum atomic E-state index is 12.3. The van der Waals surface area contributed by atoms with Gasteiger partial charge in [-0.25, -0.2) is 9.97 Å². The second-order valence-corrected chi connectivity index (χ2v) is 5.58. The summed E-state index contributed by atoms with van der Waals surface area (Å²) in [7, 11) is 3.16. The van der Waals surface area contributed by atoms with E-state index in [0.29, 0.717) is 35.6 Å². The zero-order valence-corrected chi connectivity index (χ0v) is 13.7. The molecule has 0 atom stereocenters. The van der Waals surface area contributed by atoms with Crippen LogP contribution in [0.3, 0.4) is 0 Å². The molecule has 0 spiro atoms. The third-order valence-electron chi connectivity index (χ3n) is 3.73. The Bertz CT molecular complexity index is 732. The van der Waals surface area contributed by atoms with E-state index in [1.54, 1.807) is 20.3 Å². The van der Waals surface area contributed by atoms with Gasteiger partial charge in [-0.1, -0.05) is 6.07 Å². The lowest BCUT2D eigenvalue weighted by Crippen LogP contribution is -2.24. The lowest BCUT2D eigenvalue weighted by molar-refractivity contribution is 0.0945. The summed E-state index contributed by atoms with van der Waals surface area (Å²) in [6.07, 6.45) is 3.69. The highest BCUT2D eigenvalue weighted by molar-refractivity contribution is 5.92. The molecule has 24 heavy (non-hydrogen) atoms. The van der Waals surface area contributed by atoms with E-state index in [1.807, 2.05) is 18.2 Å². The fraction of sp³-hybridized carbons (Fsp3) is 0.353. The van der Waals surface area contributed by atoms with Crippen molar-refractivity contribution in [2.45, 2.75) is 25.4 Å². The van der Waals surface area contributed by atoms with Crippen molar-refractivity contribution in [2.24, 2.45) is 0 Å². The van der Waals surface area contributed by atoms with E-state index in [1.165, 1.54) is 6.33 Å². The van der Waals surface area contributed by atoms with E-state index in [0.717, 1.165) is 18.4 Å². The maximum absolute atomic E-state index is 12.3. The van der Waals surface area contributed by atoms with Crippen molar-refractivity contribution >= 4 is 11.7 Å². The number of amides is 1. The van der Waals surface area contributed by atoms with Gasteiger partial charge in [0.2, 0.25) is 0 Å². The van der Waals surface area contributed by atoms with Gasteiger partial charge in [-0.2, -0.15) is 0 Å². The van der Waals surface area contributed by atoms with E-state index >= 15 is 0 Å². The Hall–Kier alpha value is -2.83. The minimum atomic E-state index is -0.244. The quantitative estimate of drug-likeness (QED) is 0.808. The van der Waals surface area contributed by atoms with Gasteiger partial charge in [-0.05, 0) is 30.5 Å². The van der Waals surface area contributed by atoms with Crippen LogP contribution in [0.15, 0.2) is 30.6 Å². The fourth-order valence-electron chi connectivity index (χ4n) is 2.26. The minimum absolute atomic E-state index is 0.244. The van der Waals surface area contributed by atoms with E-state index in [4.69, 9.17) is 9.47 Å². The number of benzene rings is 1. The molecule has 0 aliphatic heterocycles. The highest BCUT2D eigenvalue weighted by Crippen LogP contribution is 2.27. The van der Waals surface area contributed by atoms with Gasteiger partial charge in [0.25, 0.3) is 5.91 Å². The lowest BCUT2D eigenvalue weighted by Gasteiger charge is -2.10. The van der Waals surface area contributed by atoms with E-state index < -0.39 is 0 Å². The van der Waals surface area contributed by atoms with E-state index in [-0.39, 0.29) is 5.91 Å². The first-order valence-electron chi connectivity index (χ1n) is 7.77. The van der Waals surface area contributed by atoms with Crippen LogP contribution in [0.1, 0.15) is 28.9 Å². The van der Waals surface area contributed by atoms with Crippen molar-refractivity contribution in [3.63, 3.8) is 0 Å². The summed E-state index contributed by atoms with van der Waals surface area (Å²) in [6, 6.07) is 7.66. The normalized spacial score (nSPS) is 13.2. The Morgan fingerprint density at radius 1 is 1.17 bits per heavy atom. The Kier molecular flexibility index (Phi) is 4.79. The number of nitrogens with one attached hydrogen (secondary N) is 2. The molecule has 2 aromatic rings. The summed E-state index contributed by atoms with van der Waals surface area (Å²) in [5.74, 6) is 1.72. The molecule has 0 bridgehead atoms. The van der Waals surface area contributed by atoms with Crippen molar-refractivity contribution in [1.82, 2.24) is 15.3 Å². The first kappa shape index (κ1) is 16.0. The van der Waals surface area contributed by atoms with Crippen molar-refractivity contribution < 1.29 is 14.3 Å². The molecule has 1 amide bonds. The van der Waals surface area contributed by atoms with Crippen LogP contribution in [0.5, 0.6) is 11.5 Å². The highest BCUT2D eigenvalue weighted by atomic mass is 16.5. The fourth-order valence-corrected chi connectivity index (χ4v) is 2.26. The molecule has 1 aliphatic carbocycles. The number of ether oxygens (including phenoxy) is 2. The van der Waals surface area contributed by atoms with Gasteiger partial charge < -0.3 is 20.1 Å². The Balaban J connectivity index is 1.62. The Morgan fingerprint density at radius 2 is 1.96 bits per heavy atom. The number of anilines is 1. The number of rotatable bonds is 7. The van der Waals surface area contributed by atoms with Crippen LogP contribution in [0.4, 0.5) is 5.82 Å². The number of carbonyl (C=O) groups excluding carboxylic acids is 1. The van der Waals surface area contributed by atoms with Gasteiger partial charge in [-0.15, -0.1) is 0 Å². The van der Waals surface area contributed by atoms with Crippen molar-refractivity contribution in [3.05, 3.63) is 41.9 Å². The molecule has 1 aliphatic rings. The predicted octanol–water partition coefficient (Wildman–Crippen LogP) is 2.00. The summed E-state index contributed by atoms with van der Waals surface area (Å²) < 4.78 is 10.5. The molecule has 1 aromatic carbocycles. The van der Waals surface area contributed by atoms with Gasteiger partial charge in [-0.3, -0.25) is 4.79 Å². The predicted molar refractivity (Wildman–Crippen MR) is 89.4 cm³/mol. The largest absolute Gasteiger partial charge is 0.493 e. The van der Waals surface area contributed by atoms with Gasteiger partial charge in [0.05, 0.1) is 14.2 Å². The molecule has 1 fully saturated rings. The molecular weight excluding hydrogens is 308 g/mol. The molecular formula is C17H20N4O3. The summed E-state index contributed by atoms with van der Waals surface area (Å²) >= 11 is 0. The van der Waals surface area contributed by atoms with Crippen LogP contribution in [0.25, 0.3) is 0 Å². The molecule has 0 radical (unpaired) electrons. The third kappa shape index (κ3) is 3.92. The SMILES string of the molecule is COc1ccc(CNC(=O)c2cc(NC3CC3)ncn2)cc1OC. The van der Waals surface area contributed by atoms with Crippen LogP contribution in [-0.2, 0) is 6.54 Å². The van der Waals surface area contributed by atoms with Gasteiger partial charge in [0.15, 0.2) is 11.5 Å². The second-order valence-electron chi connectivity index (χ2n) is 5.58. The topological polar surface area (TPSA) is 85.4 Å². The first-order chi connectivity index (χ1) is 11.7. The zero-order chi connectivity index (χ0) is 16.9. The van der Waals surface area contributed by atoms with Crippen LogP contribution in [-0.4, -0.2) is 36.1 Å². The van der Waals surface area contributed by atoms with Crippen LogP contribution >= 0.6 is 0 Å². The van der Waals surface area contributed by atoms with Crippen molar-refractivity contribution in [2.75, 3.05) is 19.5 Å². The maximum Gasteiger partial charge on any atom is 0.270 e. The minimum Gasteiger partial charge on any atom is -0.493 e. The van der Waals surface area contributed by atoms with Crippen molar-refractivity contribution in [3.8, 4) is 11.5 Å². The van der Waals surface area contributed by atoms with Gasteiger partial charge in [0.1, 0.15) is 17.8 Å². The van der Waals surface area contributed by atoms with Crippen LogP contribution in [0.2, 0.25) is 0 Å². The molecule has 1 heterocycles. The molecule has 7 heteroatoms. The molecule has 0 unspecified atom stereocenters. The summed E-state index contributed by atoms with van der Waals surface area (Å²) in [5, 5.41) is 6.10. The van der Waals surface area contributed by atoms with Crippen LogP contribution in [0, 0.1) is 0 Å². The first-order valence-corrected chi connectivity index (χ1v) is 7.77. The standard InChI is InChI=1S/C17H20N4O3/c1-23-14-6-3-11(7-15(14)24-2)9-18-17(22)13-8-16(20-10-19-13)21-12-4-5-12/h3,6-8,10,12H,4-5,9H2,1-2H3,(H,18,22)(H,19,20,21). The van der Waals surface area contributed by atoms with Gasteiger partial charge >= 0.3 is 0 Å². The molecule has 7 nitrogen and oxygen atoms in total. The highest BCUT2D eigenvalue weighted by Gasteiger charge is 2.21. The number of hydrogen-bond donors (Lipinski definition) is 2. The van der Waals surface area contributed by atoms with Crippen molar-refractivity contribution in [1.29, 1.82) is 0 Å². The smallest absolute Gasteiger partial charge is 0.270 e. The Labute approximate surface area is 140 Å².